The second-order valence-corrected chi connectivity index (χ2v) is 8.29. The molecule has 1 atom stereocenters. The first kappa shape index (κ1) is 23.4. The van der Waals surface area contributed by atoms with Crippen LogP contribution in [0.1, 0.15) is 46.0 Å². The van der Waals surface area contributed by atoms with Crippen LogP contribution < -0.4 is 9.47 Å². The van der Waals surface area contributed by atoms with Crippen LogP contribution in [0.4, 0.5) is 13.2 Å². The fraction of sp³-hybridized carbons (Fsp3) is 0.636. The summed E-state index contributed by atoms with van der Waals surface area (Å²) in [6.45, 7) is 3.36. The molecule has 1 aliphatic carbocycles. The molecule has 0 aliphatic heterocycles. The Morgan fingerprint density at radius 1 is 1.19 bits per heavy atom. The molecule has 1 aromatic carbocycles. The largest absolute Gasteiger partial charge is 0.487 e. The first-order valence-corrected chi connectivity index (χ1v) is 10.6. The van der Waals surface area contributed by atoms with E-state index in [0.717, 1.165) is 31.7 Å². The van der Waals surface area contributed by atoms with E-state index >= 15 is 0 Å². The summed E-state index contributed by atoms with van der Waals surface area (Å²) in [5.74, 6) is -0.253. The average molecular weight is 442 g/mol. The minimum absolute atomic E-state index is 0.0245. The summed E-state index contributed by atoms with van der Waals surface area (Å²) in [7, 11) is 1.69. The van der Waals surface area contributed by atoms with Crippen molar-refractivity contribution in [3.63, 3.8) is 0 Å². The number of carbonyl (C=O) groups excluding carboxylic acids is 1. The molecule has 1 fully saturated rings. The summed E-state index contributed by atoms with van der Waals surface area (Å²) in [6, 6.07) is 2.81. The number of benzene rings is 1. The monoisotopic (exact) mass is 442 g/mol. The van der Waals surface area contributed by atoms with E-state index in [1.165, 1.54) is 6.07 Å². The van der Waals surface area contributed by atoms with Crippen molar-refractivity contribution in [1.82, 2.24) is 9.55 Å². The number of hydrogen-bond acceptors (Lipinski definition) is 5. The Morgan fingerprint density at radius 3 is 2.52 bits per heavy atom. The highest BCUT2D eigenvalue weighted by Gasteiger charge is 2.25. The van der Waals surface area contributed by atoms with E-state index in [1.807, 2.05) is 6.92 Å². The molecule has 6 nitrogen and oxygen atoms in total. The number of halogens is 3. The summed E-state index contributed by atoms with van der Waals surface area (Å²) >= 11 is 0. The third kappa shape index (κ3) is 6.35. The van der Waals surface area contributed by atoms with E-state index in [-0.39, 0.29) is 41.2 Å². The Labute approximate surface area is 179 Å². The molecule has 0 N–H and O–H groups in total. The summed E-state index contributed by atoms with van der Waals surface area (Å²) in [5.41, 5.74) is 0.522. The number of carbonyl (C=O) groups is 1. The van der Waals surface area contributed by atoms with Crippen molar-refractivity contribution in [2.75, 3.05) is 13.2 Å². The van der Waals surface area contributed by atoms with Gasteiger partial charge in [0.05, 0.1) is 11.6 Å². The number of aryl methyl sites for hydroxylation is 1. The van der Waals surface area contributed by atoms with Gasteiger partial charge in [0.25, 0.3) is 12.4 Å². The Bertz CT molecular complexity index is 894. The van der Waals surface area contributed by atoms with Crippen LogP contribution in [0.3, 0.4) is 0 Å². The van der Waals surface area contributed by atoms with Crippen molar-refractivity contribution >= 4 is 16.8 Å². The van der Waals surface area contributed by atoms with E-state index in [4.69, 9.17) is 14.2 Å². The lowest BCUT2D eigenvalue weighted by molar-refractivity contribution is -0.118. The van der Waals surface area contributed by atoms with Gasteiger partial charge in [0.15, 0.2) is 5.82 Å². The van der Waals surface area contributed by atoms with Gasteiger partial charge >= 0.3 is 0 Å². The highest BCUT2D eigenvalue weighted by molar-refractivity contribution is 5.79. The van der Waals surface area contributed by atoms with Crippen LogP contribution >= 0.6 is 0 Å². The molecule has 1 aliphatic rings. The van der Waals surface area contributed by atoms with Gasteiger partial charge < -0.3 is 19.0 Å². The molecule has 1 saturated carbocycles. The number of alkyl halides is 2. The maximum absolute atomic E-state index is 14.4. The van der Waals surface area contributed by atoms with Gasteiger partial charge in [0, 0.05) is 32.2 Å². The van der Waals surface area contributed by atoms with E-state index in [9.17, 15) is 18.0 Å². The number of aromatic nitrogens is 2. The van der Waals surface area contributed by atoms with Crippen molar-refractivity contribution in [1.29, 1.82) is 0 Å². The third-order valence-electron chi connectivity index (χ3n) is 5.39. The predicted octanol–water partition coefficient (Wildman–Crippen LogP) is 4.68. The zero-order valence-electron chi connectivity index (χ0n) is 18.1. The molecule has 3 rings (SSSR count). The van der Waals surface area contributed by atoms with Gasteiger partial charge in [0.2, 0.25) is 0 Å². The third-order valence-corrected chi connectivity index (χ3v) is 5.39. The smallest absolute Gasteiger partial charge is 0.297 e. The molecule has 9 heteroatoms. The van der Waals surface area contributed by atoms with Crippen LogP contribution in [0.15, 0.2) is 12.1 Å². The fourth-order valence-electron chi connectivity index (χ4n) is 3.86. The Kier molecular flexibility index (Phi) is 7.80. The second kappa shape index (κ2) is 10.3. The minimum Gasteiger partial charge on any atom is -0.487 e. The summed E-state index contributed by atoms with van der Waals surface area (Å²) in [6.07, 6.45) is 1.18. The maximum atomic E-state index is 14.4. The quantitative estimate of drug-likeness (QED) is 0.535. The van der Waals surface area contributed by atoms with Crippen molar-refractivity contribution in [2.24, 2.45) is 13.0 Å². The molecule has 31 heavy (non-hydrogen) atoms. The summed E-state index contributed by atoms with van der Waals surface area (Å²) < 4.78 is 57.6. The predicted molar refractivity (Wildman–Crippen MR) is 109 cm³/mol. The zero-order valence-corrected chi connectivity index (χ0v) is 18.1. The highest BCUT2D eigenvalue weighted by atomic mass is 19.3. The van der Waals surface area contributed by atoms with Gasteiger partial charge in [-0.15, -0.1) is 0 Å². The molecule has 0 amide bonds. The number of ketones is 1. The van der Waals surface area contributed by atoms with Crippen LogP contribution in [0, 0.1) is 11.7 Å². The second-order valence-electron chi connectivity index (χ2n) is 8.29. The number of fused-ring (bicyclic) bond motifs is 1. The highest BCUT2D eigenvalue weighted by Crippen LogP contribution is 2.30. The molecule has 0 spiro atoms. The van der Waals surface area contributed by atoms with Crippen LogP contribution in [0.25, 0.3) is 11.0 Å². The first-order valence-electron chi connectivity index (χ1n) is 10.6. The van der Waals surface area contributed by atoms with E-state index in [1.54, 1.807) is 18.5 Å². The number of ether oxygens (including phenoxy) is 3. The van der Waals surface area contributed by atoms with Gasteiger partial charge in [-0.1, -0.05) is 6.92 Å². The van der Waals surface area contributed by atoms with Crippen LogP contribution in [0.2, 0.25) is 0 Å². The maximum Gasteiger partial charge on any atom is 0.297 e. The summed E-state index contributed by atoms with van der Waals surface area (Å²) in [5, 5.41) is 0. The van der Waals surface area contributed by atoms with Crippen molar-refractivity contribution in [2.45, 2.75) is 64.6 Å². The Morgan fingerprint density at radius 2 is 1.87 bits per heavy atom. The van der Waals surface area contributed by atoms with Crippen LogP contribution in [0.5, 0.6) is 11.8 Å². The van der Waals surface area contributed by atoms with Gasteiger partial charge in [-0.3, -0.25) is 4.57 Å². The van der Waals surface area contributed by atoms with Crippen molar-refractivity contribution in [3.8, 4) is 11.8 Å². The number of hydrogen-bond donors (Lipinski definition) is 0. The molecule has 0 bridgehead atoms. The minimum atomic E-state index is -2.64. The molecule has 1 aromatic heterocycles. The lowest BCUT2D eigenvalue weighted by Gasteiger charge is -2.29. The van der Waals surface area contributed by atoms with Crippen LogP contribution in [-0.4, -0.2) is 47.2 Å². The normalized spacial score (nSPS) is 20.2. The molecular weight excluding hydrogens is 413 g/mol. The van der Waals surface area contributed by atoms with Crippen LogP contribution in [-0.2, 0) is 16.6 Å². The lowest BCUT2D eigenvalue weighted by atomic mass is 9.95. The molecule has 1 heterocycles. The number of imidazole rings is 1. The van der Waals surface area contributed by atoms with E-state index in [2.05, 4.69) is 4.98 Å². The van der Waals surface area contributed by atoms with Gasteiger partial charge in [-0.2, -0.15) is 4.98 Å². The molecule has 0 saturated heterocycles. The molecule has 172 valence electrons. The number of nitrogens with zero attached hydrogens (tertiary/aromatic N) is 2. The molecule has 0 unspecified atom stereocenters. The molecular formula is C22H29F3N2O4. The average Bonchev–Trinajstić information content (AvgIpc) is 3.02. The summed E-state index contributed by atoms with van der Waals surface area (Å²) in [4.78, 5) is 15.4. The SMILES string of the molecule is CC(=O)C[C@@H](C)COC1CCC(Oc2nc3c(F)cc(OCC(F)F)cc3n2C)CC1. The van der Waals surface area contributed by atoms with E-state index in [0.29, 0.717) is 18.5 Å². The Hall–Kier alpha value is -2.29. The Balaban J connectivity index is 1.57. The number of rotatable bonds is 10. The lowest BCUT2D eigenvalue weighted by Crippen LogP contribution is -2.30. The standard InChI is InChI=1S/C22H29F3N2O4/c1-13(8-14(2)28)11-29-15-4-6-16(7-5-15)31-22-26-21-18(23)9-17(30-12-20(24)25)10-19(21)27(22)3/h9-10,13,15-16,20H,4-8,11-12H2,1-3H3/t13-,15?,16?/m1/s1. The topological polar surface area (TPSA) is 62.6 Å². The van der Waals surface area contributed by atoms with Gasteiger partial charge in [-0.25, -0.2) is 13.2 Å². The van der Waals surface area contributed by atoms with Gasteiger partial charge in [0.1, 0.15) is 29.8 Å². The zero-order chi connectivity index (χ0) is 22.5. The van der Waals surface area contributed by atoms with Crippen molar-refractivity contribution < 1.29 is 32.2 Å². The molecule has 0 radical (unpaired) electrons. The van der Waals surface area contributed by atoms with Gasteiger partial charge in [-0.05, 0) is 38.5 Å². The number of Topliss-reactive ketones (excluding diaryl/α,β-unsaturated/α-hetero) is 1. The first-order chi connectivity index (χ1) is 14.7. The fourth-order valence-corrected chi connectivity index (χ4v) is 3.86. The van der Waals surface area contributed by atoms with Crippen molar-refractivity contribution in [3.05, 3.63) is 17.9 Å². The van der Waals surface area contributed by atoms with E-state index < -0.39 is 18.8 Å². The molecule has 2 aromatic rings.